The highest BCUT2D eigenvalue weighted by Crippen LogP contribution is 2.58. The Hall–Kier alpha value is -7.16. The van der Waals surface area contributed by atoms with E-state index >= 15 is 0 Å². The first-order valence-electron chi connectivity index (χ1n) is 21.2. The summed E-state index contributed by atoms with van der Waals surface area (Å²) in [5.41, 5.74) is 20.0. The molecule has 0 unspecified atom stereocenters. The van der Waals surface area contributed by atoms with Gasteiger partial charge in [0.2, 0.25) is 0 Å². The number of aromatic nitrogens is 1. The monoisotopic (exact) mass is 768 g/mol. The third-order valence-corrected chi connectivity index (χ3v) is 13.8. The van der Waals surface area contributed by atoms with Crippen molar-refractivity contribution in [2.45, 2.75) is 38.5 Å². The SMILES string of the molecule is CC1(C)c2ccccc2-c2c(N(c3ccc4c(-c5ccccc5)cc(-n5c6ccccc6c6ccccc65)cc4c3)c3cccc4c3-c3ccccc3C4(C)C)cccc21. The molecule has 0 saturated heterocycles. The Balaban J connectivity index is 1.18. The van der Waals surface area contributed by atoms with E-state index in [4.69, 9.17) is 0 Å². The molecule has 2 aliphatic rings. The van der Waals surface area contributed by atoms with Gasteiger partial charge in [0.15, 0.2) is 0 Å². The predicted octanol–water partition coefficient (Wildman–Crippen LogP) is 15.7. The highest BCUT2D eigenvalue weighted by molar-refractivity contribution is 6.10. The fourth-order valence-electron chi connectivity index (χ4n) is 10.9. The van der Waals surface area contributed by atoms with Crippen molar-refractivity contribution in [3.63, 3.8) is 0 Å². The molecule has 2 nitrogen and oxygen atoms in total. The van der Waals surface area contributed by atoms with Crippen molar-refractivity contribution in [3.05, 3.63) is 216 Å². The van der Waals surface area contributed by atoms with Crippen LogP contribution in [0.1, 0.15) is 49.9 Å². The van der Waals surface area contributed by atoms with E-state index in [1.165, 1.54) is 99.6 Å². The zero-order valence-electron chi connectivity index (χ0n) is 34.4. The molecular formula is C58H44N2. The molecule has 0 radical (unpaired) electrons. The topological polar surface area (TPSA) is 8.17 Å². The second-order valence-corrected chi connectivity index (χ2v) is 17.7. The molecule has 0 bridgehead atoms. The van der Waals surface area contributed by atoms with Crippen molar-refractivity contribution in [3.8, 4) is 39.1 Å². The van der Waals surface area contributed by atoms with Crippen molar-refractivity contribution in [2.75, 3.05) is 4.90 Å². The van der Waals surface area contributed by atoms with Gasteiger partial charge in [0.25, 0.3) is 0 Å². The second-order valence-electron chi connectivity index (χ2n) is 17.7. The number of rotatable bonds is 5. The summed E-state index contributed by atoms with van der Waals surface area (Å²) in [5.74, 6) is 0. The number of anilines is 3. The molecule has 286 valence electrons. The van der Waals surface area contributed by atoms with Gasteiger partial charge in [0.05, 0.1) is 22.4 Å². The fourth-order valence-corrected chi connectivity index (χ4v) is 10.9. The van der Waals surface area contributed by atoms with Crippen LogP contribution in [0.4, 0.5) is 17.1 Å². The third-order valence-electron chi connectivity index (χ3n) is 13.8. The Labute approximate surface area is 351 Å². The van der Waals surface area contributed by atoms with Crippen LogP contribution >= 0.6 is 0 Å². The lowest BCUT2D eigenvalue weighted by atomic mass is 9.82. The largest absolute Gasteiger partial charge is 0.309 e. The molecule has 0 saturated carbocycles. The zero-order valence-corrected chi connectivity index (χ0v) is 34.4. The molecule has 60 heavy (non-hydrogen) atoms. The van der Waals surface area contributed by atoms with Gasteiger partial charge in [-0.05, 0) is 104 Å². The van der Waals surface area contributed by atoms with Gasteiger partial charge in [0, 0.05) is 44.1 Å². The van der Waals surface area contributed by atoms with Crippen LogP contribution in [-0.2, 0) is 10.8 Å². The first kappa shape index (κ1) is 34.8. The van der Waals surface area contributed by atoms with Crippen molar-refractivity contribution in [2.24, 2.45) is 0 Å². The van der Waals surface area contributed by atoms with E-state index in [2.05, 4.69) is 231 Å². The molecule has 0 aliphatic heterocycles. The number of fused-ring (bicyclic) bond motifs is 10. The summed E-state index contributed by atoms with van der Waals surface area (Å²) in [6.07, 6.45) is 0. The predicted molar refractivity (Wildman–Crippen MR) is 254 cm³/mol. The van der Waals surface area contributed by atoms with E-state index in [1.54, 1.807) is 0 Å². The maximum absolute atomic E-state index is 2.57. The molecule has 0 fully saturated rings. The summed E-state index contributed by atoms with van der Waals surface area (Å²) in [5, 5.41) is 4.94. The number of benzene rings is 9. The fraction of sp³-hybridized carbons (Fsp3) is 0.103. The van der Waals surface area contributed by atoms with Crippen molar-refractivity contribution in [1.29, 1.82) is 0 Å². The third kappa shape index (κ3) is 4.82. The van der Waals surface area contributed by atoms with Crippen LogP contribution < -0.4 is 4.90 Å². The lowest BCUT2D eigenvalue weighted by molar-refractivity contribution is 0.660. The molecule has 0 spiro atoms. The smallest absolute Gasteiger partial charge is 0.0543 e. The summed E-state index contributed by atoms with van der Waals surface area (Å²) in [7, 11) is 0. The maximum Gasteiger partial charge on any atom is 0.0543 e. The Bertz CT molecular complexity index is 3220. The lowest BCUT2D eigenvalue weighted by Gasteiger charge is -2.31. The van der Waals surface area contributed by atoms with E-state index in [0.29, 0.717) is 0 Å². The van der Waals surface area contributed by atoms with Crippen LogP contribution in [0.3, 0.4) is 0 Å². The quantitative estimate of drug-likeness (QED) is 0.169. The van der Waals surface area contributed by atoms with E-state index in [9.17, 15) is 0 Å². The average Bonchev–Trinajstić information content (AvgIpc) is 3.84. The van der Waals surface area contributed by atoms with Crippen LogP contribution in [0.15, 0.2) is 194 Å². The molecular weight excluding hydrogens is 725 g/mol. The minimum absolute atomic E-state index is 0.133. The van der Waals surface area contributed by atoms with Crippen molar-refractivity contribution in [1.82, 2.24) is 4.57 Å². The summed E-state index contributed by atoms with van der Waals surface area (Å²) in [4.78, 5) is 2.57. The summed E-state index contributed by atoms with van der Waals surface area (Å²) in [6.45, 7) is 9.51. The van der Waals surface area contributed by atoms with Crippen LogP contribution in [0.2, 0.25) is 0 Å². The normalized spacial score (nSPS) is 14.3. The first-order valence-corrected chi connectivity index (χ1v) is 21.2. The second kappa shape index (κ2) is 12.7. The Morgan fingerprint density at radius 3 is 1.47 bits per heavy atom. The van der Waals surface area contributed by atoms with Crippen LogP contribution in [0, 0.1) is 0 Å². The number of para-hydroxylation sites is 2. The van der Waals surface area contributed by atoms with E-state index in [1.807, 2.05) is 0 Å². The minimum Gasteiger partial charge on any atom is -0.309 e. The summed E-state index contributed by atoms with van der Waals surface area (Å²) in [6, 6.07) is 72.4. The van der Waals surface area contributed by atoms with Crippen molar-refractivity contribution < 1.29 is 0 Å². The molecule has 2 aliphatic carbocycles. The minimum atomic E-state index is -0.133. The van der Waals surface area contributed by atoms with Gasteiger partial charge < -0.3 is 9.47 Å². The molecule has 0 atom stereocenters. The molecule has 1 aromatic heterocycles. The van der Waals surface area contributed by atoms with E-state index < -0.39 is 0 Å². The molecule has 0 N–H and O–H groups in total. The van der Waals surface area contributed by atoms with Gasteiger partial charge in [-0.1, -0.05) is 173 Å². The first-order chi connectivity index (χ1) is 29.3. The molecule has 9 aromatic carbocycles. The van der Waals surface area contributed by atoms with Gasteiger partial charge in [-0.2, -0.15) is 0 Å². The van der Waals surface area contributed by atoms with Gasteiger partial charge >= 0.3 is 0 Å². The number of nitrogens with zero attached hydrogens (tertiary/aromatic N) is 2. The zero-order chi connectivity index (χ0) is 40.3. The maximum atomic E-state index is 2.57. The van der Waals surface area contributed by atoms with Crippen LogP contribution in [0.5, 0.6) is 0 Å². The molecule has 2 heteroatoms. The average molecular weight is 769 g/mol. The summed E-state index contributed by atoms with van der Waals surface area (Å²) >= 11 is 0. The molecule has 0 amide bonds. The van der Waals surface area contributed by atoms with Gasteiger partial charge in [-0.15, -0.1) is 0 Å². The Morgan fingerprint density at radius 2 is 0.883 bits per heavy atom. The number of hydrogen-bond donors (Lipinski definition) is 0. The Kier molecular flexibility index (Phi) is 7.36. The van der Waals surface area contributed by atoms with Crippen molar-refractivity contribution >= 4 is 49.6 Å². The van der Waals surface area contributed by atoms with Gasteiger partial charge in [0.1, 0.15) is 0 Å². The number of hydrogen-bond acceptors (Lipinski definition) is 1. The standard InChI is InChI=1S/C58H44N2/c1-57(2)47-24-12-8-22-44(47)55-49(57)26-16-30-53(55)59(54-31-17-27-50-56(54)45-23-9-13-25-48(45)58(50,3)4)39-32-33-41-38(34-39)35-40(36-46(41)37-18-6-5-7-19-37)60-51-28-14-10-20-42(51)43-21-11-15-29-52(43)60/h5-36H,1-4H3. The molecule has 1 heterocycles. The molecule has 10 aromatic rings. The lowest BCUT2D eigenvalue weighted by Crippen LogP contribution is -2.17. The Morgan fingerprint density at radius 1 is 0.383 bits per heavy atom. The summed E-state index contributed by atoms with van der Waals surface area (Å²) < 4.78 is 2.45. The highest BCUT2D eigenvalue weighted by Gasteiger charge is 2.40. The van der Waals surface area contributed by atoms with Gasteiger partial charge in [-0.3, -0.25) is 0 Å². The van der Waals surface area contributed by atoms with Crippen LogP contribution in [0.25, 0.3) is 71.6 Å². The van der Waals surface area contributed by atoms with Crippen LogP contribution in [-0.4, -0.2) is 4.57 Å². The molecule has 12 rings (SSSR count). The van der Waals surface area contributed by atoms with E-state index in [0.717, 1.165) is 11.4 Å². The van der Waals surface area contributed by atoms with E-state index in [-0.39, 0.29) is 10.8 Å². The highest BCUT2D eigenvalue weighted by atomic mass is 15.1. The van der Waals surface area contributed by atoms with Gasteiger partial charge in [-0.25, -0.2) is 0 Å².